The third-order valence-corrected chi connectivity index (χ3v) is 5.84. The van der Waals surface area contributed by atoms with E-state index < -0.39 is 5.97 Å². The van der Waals surface area contributed by atoms with Gasteiger partial charge in [-0.2, -0.15) is 0 Å². The van der Waals surface area contributed by atoms with Crippen LogP contribution in [0.3, 0.4) is 0 Å². The Morgan fingerprint density at radius 1 is 1.53 bits per heavy atom. The van der Waals surface area contributed by atoms with Gasteiger partial charge >= 0.3 is 106 Å². The average molecular weight is 329 g/mol. The molecule has 2 aliphatic rings. The van der Waals surface area contributed by atoms with Crippen LogP contribution in [0.5, 0.6) is 0 Å². The number of ether oxygens (including phenoxy) is 1. The third-order valence-electron chi connectivity index (χ3n) is 1.79. The van der Waals surface area contributed by atoms with E-state index in [1.807, 2.05) is 0 Å². The molecule has 15 heavy (non-hydrogen) atoms. The molecule has 0 aromatic heterocycles. The molecule has 0 radical (unpaired) electrons. The zero-order chi connectivity index (χ0) is 11.0. The van der Waals surface area contributed by atoms with Crippen molar-refractivity contribution in [2.45, 2.75) is 6.92 Å². The molecule has 1 aliphatic heterocycles. The van der Waals surface area contributed by atoms with Crippen LogP contribution in [0.25, 0.3) is 10.6 Å². The Hall–Kier alpha value is -0.0605. The molecule has 0 saturated carbocycles. The van der Waals surface area contributed by atoms with Gasteiger partial charge in [0, 0.05) is 0 Å². The van der Waals surface area contributed by atoms with E-state index in [0.717, 1.165) is 4.88 Å². The van der Waals surface area contributed by atoms with E-state index in [-0.39, 0.29) is 18.6 Å². The van der Waals surface area contributed by atoms with E-state index in [4.69, 9.17) is 27.9 Å². The first-order chi connectivity index (χ1) is 7.16. The first kappa shape index (κ1) is 11.4. The zero-order valence-corrected chi connectivity index (χ0v) is 11.6. The van der Waals surface area contributed by atoms with E-state index >= 15 is 0 Å². The van der Waals surface area contributed by atoms with Gasteiger partial charge in [0.2, 0.25) is 0 Å². The summed E-state index contributed by atoms with van der Waals surface area (Å²) in [5.74, 6) is -0.451. The fourth-order valence-corrected chi connectivity index (χ4v) is 5.40. The summed E-state index contributed by atoms with van der Waals surface area (Å²) in [6.07, 6.45) is 0. The van der Waals surface area contributed by atoms with E-state index in [2.05, 4.69) is 3.98 Å². The molecule has 7 heteroatoms. The standard InChI is InChI=1S/C8H5Cl2NO2SSe/c1-2-13-8(12)3-4(9)5(10)7-6(3)11-15-14-7/h2H2,1H3. The molecule has 0 saturated heterocycles. The molecular weight excluding hydrogens is 324 g/mol. The van der Waals surface area contributed by atoms with Crippen LogP contribution in [0.1, 0.15) is 17.3 Å². The number of esters is 1. The van der Waals surface area contributed by atoms with Crippen molar-refractivity contribution in [1.82, 2.24) is 3.98 Å². The van der Waals surface area contributed by atoms with Crippen molar-refractivity contribution in [3.63, 3.8) is 0 Å². The molecule has 0 unspecified atom stereocenters. The van der Waals surface area contributed by atoms with Crippen molar-refractivity contribution < 1.29 is 9.53 Å². The van der Waals surface area contributed by atoms with Gasteiger partial charge in [-0.15, -0.1) is 0 Å². The number of nitrogens with zero attached hydrogens (tertiary/aromatic N) is 1. The summed E-state index contributed by atoms with van der Waals surface area (Å²) in [7, 11) is 1.54. The van der Waals surface area contributed by atoms with Gasteiger partial charge < -0.3 is 0 Å². The van der Waals surface area contributed by atoms with Crippen LogP contribution < -0.4 is 0 Å². The first-order valence-electron chi connectivity index (χ1n) is 4.06. The summed E-state index contributed by atoms with van der Waals surface area (Å²) in [5, 5.41) is 0.676. The van der Waals surface area contributed by atoms with Crippen molar-refractivity contribution >= 4 is 52.5 Å². The predicted molar refractivity (Wildman–Crippen MR) is 61.7 cm³/mol. The van der Waals surface area contributed by atoms with Crippen molar-refractivity contribution in [1.29, 1.82) is 0 Å². The molecule has 2 rings (SSSR count). The molecular formula is C8H5Cl2NO2SSe. The summed E-state index contributed by atoms with van der Waals surface area (Å²) < 4.78 is 9.14. The molecule has 1 aliphatic carbocycles. The maximum absolute atomic E-state index is 11.6. The Labute approximate surface area is 105 Å². The monoisotopic (exact) mass is 329 g/mol. The first-order valence-corrected chi connectivity index (χ1v) is 8.42. The molecule has 0 spiro atoms. The van der Waals surface area contributed by atoms with E-state index in [1.54, 1.807) is 6.92 Å². The second-order valence-corrected chi connectivity index (χ2v) is 6.50. The average Bonchev–Trinajstić information content (AvgIpc) is 2.73. The maximum atomic E-state index is 11.6. The molecule has 0 N–H and O–H groups in total. The Balaban J connectivity index is 2.55. The van der Waals surface area contributed by atoms with Gasteiger partial charge in [0.05, 0.1) is 0 Å². The fraction of sp³-hybridized carbons (Fsp3) is 0.250. The fourth-order valence-electron chi connectivity index (χ4n) is 1.18. The second kappa shape index (κ2) is 4.44. The van der Waals surface area contributed by atoms with Gasteiger partial charge in [0.15, 0.2) is 0 Å². The van der Waals surface area contributed by atoms with Crippen LogP contribution in [-0.4, -0.2) is 30.1 Å². The molecule has 0 fully saturated rings. The van der Waals surface area contributed by atoms with Crippen molar-refractivity contribution in [3.05, 3.63) is 15.6 Å². The number of hydrogen-bond acceptors (Lipinski definition) is 4. The summed E-state index contributed by atoms with van der Waals surface area (Å²) in [4.78, 5) is 12.4. The molecule has 1 heterocycles. The van der Waals surface area contributed by atoms with E-state index in [1.165, 1.54) is 9.72 Å². The van der Waals surface area contributed by atoms with Crippen molar-refractivity contribution in [3.8, 4) is 10.6 Å². The molecule has 3 nitrogen and oxygen atoms in total. The van der Waals surface area contributed by atoms with Gasteiger partial charge in [0.25, 0.3) is 0 Å². The Morgan fingerprint density at radius 2 is 2.27 bits per heavy atom. The number of fused-ring (bicyclic) bond motifs is 1. The normalized spacial score (nSPS) is 10.9. The molecule has 0 atom stereocenters. The number of aromatic nitrogens is 1. The summed E-state index contributed by atoms with van der Waals surface area (Å²) >= 11 is 12.0. The molecule has 0 amide bonds. The number of rotatable bonds is 2. The minimum absolute atomic E-state index is 0.0557. The van der Waals surface area contributed by atoms with Crippen LogP contribution in [0, 0.1) is 0 Å². The van der Waals surface area contributed by atoms with Gasteiger partial charge in [-0.25, -0.2) is 0 Å². The zero-order valence-electron chi connectivity index (χ0n) is 7.54. The SMILES string of the molecule is CCOC(=O)c1c2n[se]sc-2c(Cl)c1Cl. The van der Waals surface area contributed by atoms with Gasteiger partial charge in [-0.1, -0.05) is 0 Å². The Morgan fingerprint density at radius 3 is 2.93 bits per heavy atom. The summed E-state index contributed by atoms with van der Waals surface area (Å²) in [5.41, 5.74) is 0.916. The van der Waals surface area contributed by atoms with E-state index in [9.17, 15) is 4.79 Å². The van der Waals surface area contributed by atoms with Crippen LogP contribution in [0.4, 0.5) is 0 Å². The number of halogens is 2. The molecule has 80 valence electrons. The van der Waals surface area contributed by atoms with Gasteiger partial charge in [-0.3, -0.25) is 0 Å². The topological polar surface area (TPSA) is 39.2 Å². The van der Waals surface area contributed by atoms with Gasteiger partial charge in [0.1, 0.15) is 0 Å². The Bertz CT molecular complexity index is 481. The van der Waals surface area contributed by atoms with Crippen molar-refractivity contribution in [2.75, 3.05) is 6.61 Å². The Kier molecular flexibility index (Phi) is 3.38. The number of hydrogen-bond donors (Lipinski definition) is 0. The van der Waals surface area contributed by atoms with Crippen molar-refractivity contribution in [2.24, 2.45) is 0 Å². The summed E-state index contributed by atoms with van der Waals surface area (Å²) in [6.45, 7) is 2.05. The predicted octanol–water partition coefficient (Wildman–Crippen LogP) is 2.79. The third kappa shape index (κ3) is 1.83. The molecule has 0 aromatic rings. The summed E-state index contributed by atoms with van der Waals surface area (Å²) in [6, 6.07) is 0. The second-order valence-electron chi connectivity index (χ2n) is 2.65. The number of carbonyl (C=O) groups is 1. The quantitative estimate of drug-likeness (QED) is 0.628. The number of carbonyl (C=O) groups excluding carboxylic acids is 1. The van der Waals surface area contributed by atoms with Crippen LogP contribution in [0.2, 0.25) is 10.0 Å². The van der Waals surface area contributed by atoms with E-state index in [0.29, 0.717) is 22.9 Å². The molecule has 0 aromatic carbocycles. The van der Waals surface area contributed by atoms with Crippen LogP contribution in [0.15, 0.2) is 0 Å². The van der Waals surface area contributed by atoms with Crippen LogP contribution >= 0.6 is 32.9 Å². The van der Waals surface area contributed by atoms with Crippen LogP contribution in [-0.2, 0) is 4.74 Å². The minimum atomic E-state index is -0.451. The van der Waals surface area contributed by atoms with Gasteiger partial charge in [-0.05, 0) is 0 Å². The molecule has 0 bridgehead atoms.